The zero-order valence-corrected chi connectivity index (χ0v) is 33.4. The molecule has 3 N–H and O–H groups in total. The molecule has 0 unspecified atom stereocenters. The van der Waals surface area contributed by atoms with Gasteiger partial charge in [-0.1, -0.05) is 26.0 Å². The zero-order chi connectivity index (χ0) is 40.9. The molecule has 6 heterocycles. The molecule has 2 fully saturated rings. The quantitative estimate of drug-likeness (QED) is 0.221. The fourth-order valence-electron chi connectivity index (χ4n) is 6.82. The highest BCUT2D eigenvalue weighted by Gasteiger charge is 2.52. The van der Waals surface area contributed by atoms with Crippen LogP contribution in [-0.4, -0.2) is 72.9 Å². The van der Waals surface area contributed by atoms with E-state index in [0.29, 0.717) is 12.8 Å². The number of aliphatic carboxylic acids is 1. The Labute approximate surface area is 329 Å². The van der Waals surface area contributed by atoms with E-state index < -0.39 is 39.9 Å². The number of pyridine rings is 4. The van der Waals surface area contributed by atoms with Crippen molar-refractivity contribution < 1.29 is 31.5 Å². The summed E-state index contributed by atoms with van der Waals surface area (Å²) in [5.41, 5.74) is 15.3. The van der Waals surface area contributed by atoms with Crippen molar-refractivity contribution in [2.75, 3.05) is 0 Å². The third-order valence-corrected chi connectivity index (χ3v) is 10.3. The standard InChI is InChI=1S/C19H21N5O.C19H20N4O2.2O2S/c1-4-12-8-13(19(5-6-19)18(20)25)10-21-15(12)17-23-14-7-11(2)9-22-16(14)24(17)3;1-4-12-8-13(19(5-6-19)18(24)25)10-20-15(12)17-22-14-7-11(2)9-21-16(14)23(17)3;2*1-3-2/h7-10H,4-6H2,1-3H3,(H2,20,25);7-10H,4-6H2,1-3H3,(H,24,25);;. The first kappa shape index (κ1) is 41.3. The molecule has 2 aliphatic carbocycles. The Morgan fingerprint density at radius 2 is 1.05 bits per heavy atom. The summed E-state index contributed by atoms with van der Waals surface area (Å²) in [5, 5.41) is 9.52. The number of imidazole rings is 2. The number of nitrogens with zero attached hydrogens (tertiary/aromatic N) is 8. The van der Waals surface area contributed by atoms with Gasteiger partial charge in [0.1, 0.15) is 22.4 Å². The Morgan fingerprint density at radius 1 is 0.679 bits per heavy atom. The maximum atomic E-state index is 11.8. The molecule has 2 saturated carbocycles. The van der Waals surface area contributed by atoms with Crippen molar-refractivity contribution in [2.24, 2.45) is 19.8 Å². The van der Waals surface area contributed by atoms with Crippen LogP contribution in [0.15, 0.2) is 49.1 Å². The van der Waals surface area contributed by atoms with Crippen LogP contribution in [-0.2, 0) is 70.5 Å². The van der Waals surface area contributed by atoms with E-state index in [4.69, 9.17) is 32.5 Å². The summed E-state index contributed by atoms with van der Waals surface area (Å²) >= 11 is -1.50. The number of primary amides is 1. The van der Waals surface area contributed by atoms with E-state index in [2.05, 4.69) is 39.8 Å². The summed E-state index contributed by atoms with van der Waals surface area (Å²) in [6, 6.07) is 8.09. The summed E-state index contributed by atoms with van der Waals surface area (Å²) < 4.78 is 37.1. The maximum absolute atomic E-state index is 11.8. The van der Waals surface area contributed by atoms with Gasteiger partial charge in [-0.15, -0.1) is 0 Å². The maximum Gasteiger partial charge on any atom is 0.335 e. The number of hydrogen-bond donors (Lipinski definition) is 2. The third-order valence-electron chi connectivity index (χ3n) is 10.3. The van der Waals surface area contributed by atoms with Crippen LogP contribution in [0.2, 0.25) is 0 Å². The normalized spacial score (nSPS) is 14.2. The summed E-state index contributed by atoms with van der Waals surface area (Å²) in [6.07, 6.45) is 11.7. The Balaban J connectivity index is 0.000000188. The molecule has 0 spiro atoms. The van der Waals surface area contributed by atoms with Crippen molar-refractivity contribution >= 4 is 57.3 Å². The number of carbonyl (C=O) groups excluding carboxylic acids is 1. The van der Waals surface area contributed by atoms with Crippen molar-refractivity contribution in [3.8, 4) is 23.0 Å². The van der Waals surface area contributed by atoms with Gasteiger partial charge in [-0.2, -0.15) is 16.8 Å². The number of carbonyl (C=O) groups is 2. The van der Waals surface area contributed by atoms with E-state index in [9.17, 15) is 14.7 Å². The average molecular weight is 800 g/mol. The number of amides is 1. The molecule has 0 bridgehead atoms. The van der Waals surface area contributed by atoms with Gasteiger partial charge in [-0.3, -0.25) is 19.6 Å². The number of nitrogens with two attached hydrogens (primary N) is 1. The van der Waals surface area contributed by atoms with E-state index in [1.165, 1.54) is 0 Å². The van der Waals surface area contributed by atoms with E-state index in [1.54, 1.807) is 12.4 Å². The van der Waals surface area contributed by atoms with Crippen molar-refractivity contribution in [1.82, 2.24) is 39.0 Å². The Bertz CT molecular complexity index is 2370. The lowest BCUT2D eigenvalue weighted by Gasteiger charge is -2.14. The van der Waals surface area contributed by atoms with Crippen molar-refractivity contribution in [3.63, 3.8) is 0 Å². The van der Waals surface area contributed by atoms with Crippen LogP contribution in [0.25, 0.3) is 45.4 Å². The smallest absolute Gasteiger partial charge is 0.335 e. The summed E-state index contributed by atoms with van der Waals surface area (Å²) in [5.74, 6) is 0.537. The summed E-state index contributed by atoms with van der Waals surface area (Å²) in [4.78, 5) is 51.1. The van der Waals surface area contributed by atoms with Gasteiger partial charge in [-0.25, -0.2) is 19.9 Å². The Hall–Kier alpha value is -5.88. The van der Waals surface area contributed by atoms with Crippen LogP contribution in [0.5, 0.6) is 0 Å². The van der Waals surface area contributed by atoms with Gasteiger partial charge < -0.3 is 20.0 Å². The number of fused-ring (bicyclic) bond motifs is 2. The molecule has 8 rings (SSSR count). The predicted octanol–water partition coefficient (Wildman–Crippen LogP) is 4.09. The van der Waals surface area contributed by atoms with Gasteiger partial charge in [-0.05, 0) is 97.9 Å². The minimum absolute atomic E-state index is 0.258. The molecule has 6 aromatic heterocycles. The number of carboxylic acid groups (broad SMARTS) is 1. The molecule has 18 heteroatoms. The van der Waals surface area contributed by atoms with Gasteiger partial charge in [0.15, 0.2) is 22.9 Å². The van der Waals surface area contributed by atoms with Gasteiger partial charge in [0.2, 0.25) is 5.91 Å². The molecule has 16 nitrogen and oxygen atoms in total. The van der Waals surface area contributed by atoms with Crippen LogP contribution in [0.1, 0.15) is 72.9 Å². The largest absolute Gasteiger partial charge is 0.481 e. The molecular weight excluding hydrogens is 759 g/mol. The number of aryl methyl sites for hydroxylation is 6. The fraction of sp³-hybridized carbons (Fsp3) is 0.368. The highest BCUT2D eigenvalue weighted by Crippen LogP contribution is 2.49. The third kappa shape index (κ3) is 7.92. The lowest BCUT2D eigenvalue weighted by Crippen LogP contribution is -2.28. The van der Waals surface area contributed by atoms with E-state index in [1.807, 2.05) is 67.7 Å². The molecule has 0 radical (unpaired) electrons. The van der Waals surface area contributed by atoms with Gasteiger partial charge in [0.25, 0.3) is 0 Å². The second-order valence-corrected chi connectivity index (χ2v) is 14.1. The van der Waals surface area contributed by atoms with E-state index in [-0.39, 0.29) is 5.91 Å². The van der Waals surface area contributed by atoms with Crippen LogP contribution in [0.3, 0.4) is 0 Å². The van der Waals surface area contributed by atoms with Gasteiger partial charge in [0.05, 0.1) is 10.8 Å². The first-order chi connectivity index (χ1) is 26.7. The minimum Gasteiger partial charge on any atom is -0.481 e. The molecular formula is C38H41N9O7S2. The van der Waals surface area contributed by atoms with E-state index >= 15 is 0 Å². The fourth-order valence-corrected chi connectivity index (χ4v) is 6.82. The van der Waals surface area contributed by atoms with Crippen LogP contribution in [0, 0.1) is 13.8 Å². The highest BCUT2D eigenvalue weighted by atomic mass is 32.1. The molecule has 6 aromatic rings. The lowest BCUT2D eigenvalue weighted by atomic mass is 9.94. The Kier molecular flexibility index (Phi) is 12.4. The highest BCUT2D eigenvalue weighted by molar-refractivity contribution is 7.51. The minimum atomic E-state index is -0.758. The number of hydrogen-bond acceptors (Lipinski definition) is 12. The zero-order valence-electron chi connectivity index (χ0n) is 31.7. The number of aromatic nitrogens is 8. The van der Waals surface area contributed by atoms with Crippen molar-refractivity contribution in [1.29, 1.82) is 0 Å². The molecule has 1 amide bonds. The van der Waals surface area contributed by atoms with Gasteiger partial charge in [0, 0.05) is 38.9 Å². The molecule has 56 heavy (non-hydrogen) atoms. The summed E-state index contributed by atoms with van der Waals surface area (Å²) in [7, 11) is 3.88. The topological polar surface area (TPSA) is 236 Å². The molecule has 0 saturated heterocycles. The SMILES string of the molecule is CCc1cc(C2(C(=O)O)CC2)cnc1-c1nc2cc(C)cnc2n1C.CCc1cc(C2(C(N)=O)CC2)cnc1-c1nc2cc(C)cnc2n1C.O=S=O.O=S=O. The van der Waals surface area contributed by atoms with Crippen LogP contribution in [0.4, 0.5) is 0 Å². The van der Waals surface area contributed by atoms with Gasteiger partial charge >= 0.3 is 29.1 Å². The van der Waals surface area contributed by atoms with Crippen molar-refractivity contribution in [3.05, 3.63) is 82.4 Å². The lowest BCUT2D eigenvalue weighted by molar-refractivity contribution is -0.140. The van der Waals surface area contributed by atoms with Crippen molar-refractivity contribution in [2.45, 2.75) is 77.0 Å². The Morgan fingerprint density at radius 3 is 1.38 bits per heavy atom. The molecule has 0 aromatic carbocycles. The average Bonchev–Trinajstić information content (AvgIpc) is 4.10. The number of rotatable bonds is 8. The monoisotopic (exact) mass is 799 g/mol. The van der Waals surface area contributed by atoms with E-state index in [0.717, 1.165) is 104 Å². The molecule has 292 valence electrons. The molecule has 0 atom stereocenters. The van der Waals surface area contributed by atoms with Crippen LogP contribution >= 0.6 is 0 Å². The summed E-state index contributed by atoms with van der Waals surface area (Å²) in [6.45, 7) is 8.13. The first-order valence-electron chi connectivity index (χ1n) is 17.7. The molecule has 0 aliphatic heterocycles. The number of carboxylic acids is 1. The van der Waals surface area contributed by atoms with Crippen LogP contribution < -0.4 is 5.73 Å². The second kappa shape index (κ2) is 16.9. The first-order valence-corrected chi connectivity index (χ1v) is 19.0. The predicted molar refractivity (Wildman–Crippen MR) is 208 cm³/mol. The second-order valence-electron chi connectivity index (χ2n) is 13.8. The molecule has 2 aliphatic rings.